The van der Waals surface area contributed by atoms with E-state index in [9.17, 15) is 9.18 Å². The number of halogens is 1. The molecule has 0 aliphatic rings. The van der Waals surface area contributed by atoms with E-state index in [-0.39, 0.29) is 23.6 Å². The van der Waals surface area contributed by atoms with Crippen LogP contribution in [-0.4, -0.2) is 25.5 Å². The number of fused-ring (bicyclic) bond motifs is 1. The Labute approximate surface area is 173 Å². The molecular weight excluding hydrogens is 381 g/mol. The molecule has 0 radical (unpaired) electrons. The average Bonchev–Trinajstić information content (AvgIpc) is 3.17. The van der Waals surface area contributed by atoms with Crippen LogP contribution < -0.4 is 5.32 Å². The van der Waals surface area contributed by atoms with Gasteiger partial charge in [0.25, 0.3) is 5.91 Å². The highest BCUT2D eigenvalue weighted by molar-refractivity contribution is 5.94. The van der Waals surface area contributed by atoms with E-state index in [1.165, 1.54) is 6.07 Å². The van der Waals surface area contributed by atoms with Crippen LogP contribution in [0, 0.1) is 5.82 Å². The molecule has 0 saturated heterocycles. The van der Waals surface area contributed by atoms with Crippen LogP contribution in [0.15, 0.2) is 60.8 Å². The van der Waals surface area contributed by atoms with Crippen LogP contribution in [-0.2, 0) is 12.0 Å². The minimum absolute atomic E-state index is 0.192. The highest BCUT2D eigenvalue weighted by atomic mass is 19.1. The van der Waals surface area contributed by atoms with Gasteiger partial charge in [-0.2, -0.15) is 5.10 Å². The van der Waals surface area contributed by atoms with Gasteiger partial charge in [0.1, 0.15) is 11.5 Å². The van der Waals surface area contributed by atoms with Gasteiger partial charge in [-0.3, -0.25) is 9.78 Å². The van der Waals surface area contributed by atoms with Gasteiger partial charge in [-0.05, 0) is 30.3 Å². The third-order valence-electron chi connectivity index (χ3n) is 4.73. The molecule has 4 rings (SSSR count). The molecule has 30 heavy (non-hydrogen) atoms. The van der Waals surface area contributed by atoms with Crippen LogP contribution in [0.1, 0.15) is 42.6 Å². The Bertz CT molecular complexity index is 1210. The molecule has 0 unspecified atom stereocenters. The lowest BCUT2D eigenvalue weighted by atomic mass is 9.93. The number of benzene rings is 1. The third-order valence-corrected chi connectivity index (χ3v) is 4.73. The zero-order valence-corrected chi connectivity index (χ0v) is 17.1. The molecule has 1 aromatic carbocycles. The number of nitrogens with one attached hydrogen (secondary N) is 1. The van der Waals surface area contributed by atoms with Gasteiger partial charge in [-0.1, -0.05) is 39.0 Å². The summed E-state index contributed by atoms with van der Waals surface area (Å²) in [6, 6.07) is 15.3. The lowest BCUT2D eigenvalue weighted by Crippen LogP contribution is -2.24. The first kappa shape index (κ1) is 19.7. The number of rotatable bonds is 4. The lowest BCUT2D eigenvalue weighted by Gasteiger charge is -2.13. The monoisotopic (exact) mass is 403 g/mol. The van der Waals surface area contributed by atoms with Crippen molar-refractivity contribution in [3.63, 3.8) is 0 Å². The Morgan fingerprint density at radius 1 is 1.10 bits per heavy atom. The molecule has 7 heteroatoms. The van der Waals surface area contributed by atoms with Crippen molar-refractivity contribution in [1.82, 2.24) is 24.9 Å². The molecule has 3 heterocycles. The van der Waals surface area contributed by atoms with Gasteiger partial charge in [0.15, 0.2) is 5.65 Å². The summed E-state index contributed by atoms with van der Waals surface area (Å²) in [4.78, 5) is 21.5. The molecule has 6 nitrogen and oxygen atoms in total. The second-order valence-corrected chi connectivity index (χ2v) is 8.06. The number of hydrogen-bond acceptors (Lipinski definition) is 4. The summed E-state index contributed by atoms with van der Waals surface area (Å²) in [5.41, 5.74) is 2.82. The van der Waals surface area contributed by atoms with E-state index in [1.54, 1.807) is 35.0 Å². The molecule has 0 atom stereocenters. The summed E-state index contributed by atoms with van der Waals surface area (Å²) in [5.74, 6) is -0.753. The molecular formula is C23H22FN5O. The van der Waals surface area contributed by atoms with E-state index in [2.05, 4.69) is 20.4 Å². The fourth-order valence-corrected chi connectivity index (χ4v) is 3.08. The molecule has 0 aliphatic carbocycles. The van der Waals surface area contributed by atoms with E-state index in [1.807, 2.05) is 45.0 Å². The first-order chi connectivity index (χ1) is 14.3. The lowest BCUT2D eigenvalue weighted by molar-refractivity contribution is 0.0945. The standard InChI is InChI=1S/C23H22FN5O/c1-23(2,3)20-13-21-27-18(22(30)26-14-15-8-6-7-11-25-15)12-19(29(21)28-20)16-9-4-5-10-17(16)24/h4-13H,14H2,1-3H3,(H,26,30). The van der Waals surface area contributed by atoms with Crippen LogP contribution in [0.2, 0.25) is 0 Å². The molecule has 1 amide bonds. The highest BCUT2D eigenvalue weighted by Gasteiger charge is 2.22. The van der Waals surface area contributed by atoms with Crippen LogP contribution in [0.4, 0.5) is 4.39 Å². The van der Waals surface area contributed by atoms with Gasteiger partial charge in [-0.25, -0.2) is 13.9 Å². The van der Waals surface area contributed by atoms with Gasteiger partial charge in [0.2, 0.25) is 0 Å². The summed E-state index contributed by atoms with van der Waals surface area (Å²) < 4.78 is 16.2. The zero-order valence-electron chi connectivity index (χ0n) is 17.1. The predicted octanol–water partition coefficient (Wildman–Crippen LogP) is 4.16. The Morgan fingerprint density at radius 3 is 2.57 bits per heavy atom. The maximum absolute atomic E-state index is 14.6. The first-order valence-electron chi connectivity index (χ1n) is 9.67. The van der Waals surface area contributed by atoms with Crippen molar-refractivity contribution in [2.45, 2.75) is 32.7 Å². The minimum Gasteiger partial charge on any atom is -0.345 e. The molecule has 3 aromatic heterocycles. The summed E-state index contributed by atoms with van der Waals surface area (Å²) in [6.45, 7) is 6.39. The van der Waals surface area contributed by atoms with Crippen LogP contribution >= 0.6 is 0 Å². The van der Waals surface area contributed by atoms with Crippen molar-refractivity contribution in [2.75, 3.05) is 0 Å². The Balaban J connectivity index is 1.79. The predicted molar refractivity (Wildman–Crippen MR) is 112 cm³/mol. The molecule has 0 fully saturated rings. The summed E-state index contributed by atoms with van der Waals surface area (Å²) in [5, 5.41) is 7.46. The van der Waals surface area contributed by atoms with Crippen LogP contribution in [0.25, 0.3) is 16.9 Å². The molecule has 152 valence electrons. The molecule has 0 saturated carbocycles. The van der Waals surface area contributed by atoms with Gasteiger partial charge < -0.3 is 5.32 Å². The van der Waals surface area contributed by atoms with Crippen LogP contribution in [0.3, 0.4) is 0 Å². The van der Waals surface area contributed by atoms with E-state index in [0.717, 1.165) is 11.4 Å². The topological polar surface area (TPSA) is 72.2 Å². The summed E-state index contributed by atoms with van der Waals surface area (Å²) >= 11 is 0. The fourth-order valence-electron chi connectivity index (χ4n) is 3.08. The molecule has 0 bridgehead atoms. The number of nitrogens with zero attached hydrogens (tertiary/aromatic N) is 4. The van der Waals surface area contributed by atoms with E-state index < -0.39 is 5.82 Å². The minimum atomic E-state index is -0.391. The van der Waals surface area contributed by atoms with Crippen molar-refractivity contribution in [3.05, 3.63) is 83.7 Å². The van der Waals surface area contributed by atoms with Crippen molar-refractivity contribution >= 4 is 11.6 Å². The molecule has 0 spiro atoms. The highest BCUT2D eigenvalue weighted by Crippen LogP contribution is 2.27. The Hall–Kier alpha value is -3.61. The number of hydrogen-bond donors (Lipinski definition) is 1. The van der Waals surface area contributed by atoms with Crippen molar-refractivity contribution in [3.8, 4) is 11.3 Å². The van der Waals surface area contributed by atoms with Gasteiger partial charge in [0, 0.05) is 23.2 Å². The smallest absolute Gasteiger partial charge is 0.270 e. The second-order valence-electron chi connectivity index (χ2n) is 8.06. The summed E-state index contributed by atoms with van der Waals surface area (Å²) in [6.07, 6.45) is 1.67. The van der Waals surface area contributed by atoms with Crippen molar-refractivity contribution in [1.29, 1.82) is 0 Å². The number of pyridine rings is 1. The quantitative estimate of drug-likeness (QED) is 0.555. The van der Waals surface area contributed by atoms with Crippen molar-refractivity contribution in [2.24, 2.45) is 0 Å². The number of aromatic nitrogens is 4. The molecule has 1 N–H and O–H groups in total. The second kappa shape index (κ2) is 7.67. The SMILES string of the molecule is CC(C)(C)c1cc2nc(C(=O)NCc3ccccn3)cc(-c3ccccc3F)n2n1. The Kier molecular flexibility index (Phi) is 5.03. The Morgan fingerprint density at radius 2 is 1.87 bits per heavy atom. The number of carbonyl (C=O) groups excluding carboxylic acids is 1. The summed E-state index contributed by atoms with van der Waals surface area (Å²) in [7, 11) is 0. The fraction of sp³-hybridized carbons (Fsp3) is 0.217. The maximum atomic E-state index is 14.6. The zero-order chi connectivity index (χ0) is 21.3. The van der Waals surface area contributed by atoms with E-state index >= 15 is 0 Å². The largest absolute Gasteiger partial charge is 0.345 e. The number of carbonyl (C=O) groups is 1. The normalized spacial score (nSPS) is 11.6. The average molecular weight is 403 g/mol. The van der Waals surface area contributed by atoms with Gasteiger partial charge in [0.05, 0.1) is 23.6 Å². The van der Waals surface area contributed by atoms with E-state index in [0.29, 0.717) is 16.9 Å². The van der Waals surface area contributed by atoms with Gasteiger partial charge >= 0.3 is 0 Å². The van der Waals surface area contributed by atoms with Crippen LogP contribution in [0.5, 0.6) is 0 Å². The molecule has 4 aromatic rings. The van der Waals surface area contributed by atoms with Crippen molar-refractivity contribution < 1.29 is 9.18 Å². The maximum Gasteiger partial charge on any atom is 0.270 e. The third kappa shape index (κ3) is 3.91. The number of amides is 1. The molecule has 0 aliphatic heterocycles. The van der Waals surface area contributed by atoms with E-state index in [4.69, 9.17) is 0 Å². The first-order valence-corrected chi connectivity index (χ1v) is 9.67. The van der Waals surface area contributed by atoms with Gasteiger partial charge in [-0.15, -0.1) is 0 Å².